The summed E-state index contributed by atoms with van der Waals surface area (Å²) in [6.45, 7) is 12.0. The van der Waals surface area contributed by atoms with Crippen LogP contribution in [0.4, 0.5) is 5.69 Å². The lowest BCUT2D eigenvalue weighted by Crippen LogP contribution is -2.11. The Morgan fingerprint density at radius 3 is 1.58 bits per heavy atom. The normalized spacial score (nSPS) is 10.8. The van der Waals surface area contributed by atoms with Gasteiger partial charge in [0.05, 0.1) is 26.4 Å². The quantitative estimate of drug-likeness (QED) is 0.0564. The Labute approximate surface area is 293 Å². The molecule has 0 saturated heterocycles. The van der Waals surface area contributed by atoms with Gasteiger partial charge in [-0.2, -0.15) is 0 Å². The molecule has 0 radical (unpaired) electrons. The van der Waals surface area contributed by atoms with E-state index < -0.39 is 17.9 Å². The Hall–Kier alpha value is -5.90. The van der Waals surface area contributed by atoms with Crippen LogP contribution in [0.5, 0.6) is 17.2 Å². The lowest BCUT2D eigenvalue weighted by molar-refractivity contribution is -0.138. The van der Waals surface area contributed by atoms with Crippen molar-refractivity contribution in [2.24, 2.45) is 0 Å². The van der Waals surface area contributed by atoms with Gasteiger partial charge in [0.25, 0.3) is 0 Å². The molecule has 1 amide bonds. The predicted molar refractivity (Wildman–Crippen MR) is 193 cm³/mol. The van der Waals surface area contributed by atoms with Gasteiger partial charge in [-0.3, -0.25) is 4.79 Å². The molecule has 1 N–H and O–H groups in total. The smallest absolute Gasteiger partial charge is 0.336 e. The zero-order valence-corrected chi connectivity index (χ0v) is 28.5. The van der Waals surface area contributed by atoms with Crippen LogP contribution >= 0.6 is 0 Å². The Bertz CT molecular complexity index is 1550. The molecule has 0 aromatic heterocycles. The molecular weight excluding hydrogens is 638 g/mol. The highest BCUT2D eigenvalue weighted by Gasteiger charge is 2.11. The van der Waals surface area contributed by atoms with E-state index >= 15 is 0 Å². The Morgan fingerprint density at radius 2 is 1.08 bits per heavy atom. The highest BCUT2D eigenvalue weighted by molar-refractivity contribution is 6.02. The average molecular weight is 682 g/mol. The number of anilines is 1. The third kappa shape index (κ3) is 14.1. The van der Waals surface area contributed by atoms with Crippen LogP contribution in [0.15, 0.2) is 98.1 Å². The summed E-state index contributed by atoms with van der Waals surface area (Å²) < 4.78 is 26.8. The van der Waals surface area contributed by atoms with Crippen molar-refractivity contribution in [3.63, 3.8) is 0 Å². The largest absolute Gasteiger partial charge is 0.494 e. The van der Waals surface area contributed by atoms with Crippen LogP contribution in [0.3, 0.4) is 0 Å². The minimum Gasteiger partial charge on any atom is -0.494 e. The first-order chi connectivity index (χ1) is 24.2. The van der Waals surface area contributed by atoms with Crippen molar-refractivity contribution in [2.75, 3.05) is 31.7 Å². The molecule has 50 heavy (non-hydrogen) atoms. The number of rotatable bonds is 20. The second-order valence-corrected chi connectivity index (χ2v) is 10.9. The summed E-state index contributed by atoms with van der Waals surface area (Å²) >= 11 is 0. The summed E-state index contributed by atoms with van der Waals surface area (Å²) in [4.78, 5) is 47.3. The van der Waals surface area contributed by atoms with Gasteiger partial charge in [0, 0.05) is 30.0 Å². The zero-order chi connectivity index (χ0) is 36.1. The van der Waals surface area contributed by atoms with E-state index in [1.165, 1.54) is 12.2 Å². The molecule has 3 aromatic rings. The van der Waals surface area contributed by atoms with Gasteiger partial charge in [-0.1, -0.05) is 37.4 Å². The molecule has 0 heterocycles. The predicted octanol–water partition coefficient (Wildman–Crippen LogP) is 7.35. The number of nitrogens with one attached hydrogen (secondary N) is 1. The highest BCUT2D eigenvalue weighted by atomic mass is 16.5. The van der Waals surface area contributed by atoms with Crippen molar-refractivity contribution in [2.45, 2.75) is 39.5 Å². The first-order valence-corrected chi connectivity index (χ1v) is 16.2. The third-order valence-electron chi connectivity index (χ3n) is 7.24. The van der Waals surface area contributed by atoms with Gasteiger partial charge in [0.1, 0.15) is 17.2 Å². The number of carbonyl (C=O) groups excluding carboxylic acids is 4. The maximum Gasteiger partial charge on any atom is 0.336 e. The fourth-order valence-electron chi connectivity index (χ4n) is 4.30. The van der Waals surface area contributed by atoms with Gasteiger partial charge in [0.2, 0.25) is 5.91 Å². The molecule has 0 bridgehead atoms. The molecule has 0 aliphatic carbocycles. The fraction of sp³-hybridized carbons (Fsp3) is 0.250. The Balaban J connectivity index is 1.41. The van der Waals surface area contributed by atoms with Gasteiger partial charge in [-0.25, -0.2) is 14.4 Å². The molecule has 262 valence electrons. The summed E-state index contributed by atoms with van der Waals surface area (Å²) in [7, 11) is 0. The monoisotopic (exact) mass is 681 g/mol. The maximum atomic E-state index is 12.6. The number of amides is 1. The highest BCUT2D eigenvalue weighted by Crippen LogP contribution is 2.28. The van der Waals surface area contributed by atoms with Crippen LogP contribution < -0.4 is 19.5 Å². The van der Waals surface area contributed by atoms with E-state index in [2.05, 4.69) is 18.5 Å². The molecule has 0 atom stereocenters. The number of esters is 3. The van der Waals surface area contributed by atoms with Crippen LogP contribution in [0.25, 0.3) is 12.2 Å². The molecule has 3 aromatic carbocycles. The van der Waals surface area contributed by atoms with Crippen molar-refractivity contribution < 1.29 is 42.9 Å². The van der Waals surface area contributed by atoms with Crippen molar-refractivity contribution in [1.82, 2.24) is 0 Å². The SMILES string of the molecule is C=CC(=O)OCCCCOc1ccc(C=CC(=O)Nc2ccc(OC(=O)C=Cc3ccc(OCCCCOC(=O)C=C)cc3)c(C)c2C)cc1. The first kappa shape index (κ1) is 38.5. The number of hydrogen-bond donors (Lipinski definition) is 1. The number of unbranched alkanes of at least 4 members (excludes halogenated alkanes) is 2. The third-order valence-corrected chi connectivity index (χ3v) is 7.24. The van der Waals surface area contributed by atoms with E-state index in [1.54, 1.807) is 24.3 Å². The Morgan fingerprint density at radius 1 is 0.600 bits per heavy atom. The summed E-state index contributed by atoms with van der Waals surface area (Å²) in [6, 6.07) is 18.0. The van der Waals surface area contributed by atoms with Crippen LogP contribution in [-0.4, -0.2) is 50.2 Å². The number of ether oxygens (including phenoxy) is 5. The standard InChI is InChI=1S/C40H43NO9/c1-5-38(43)48-27-9-7-25-46-33-17-11-31(12-18-33)15-23-37(42)41-35-21-22-36(30(4)29(35)3)50-40(45)24-16-32-13-19-34(20-14-32)47-26-8-10-28-49-39(44)6-2/h5-6,11-24H,1-2,7-10,25-28H2,3-4H3,(H,41,42). The minimum atomic E-state index is -0.535. The second kappa shape index (κ2) is 21.1. The van der Waals surface area contributed by atoms with Crippen molar-refractivity contribution in [1.29, 1.82) is 0 Å². The van der Waals surface area contributed by atoms with Crippen molar-refractivity contribution in [3.05, 3.63) is 120 Å². The molecule has 10 nitrogen and oxygen atoms in total. The number of carbonyl (C=O) groups is 4. The summed E-state index contributed by atoms with van der Waals surface area (Å²) in [6.07, 6.45) is 11.3. The molecule has 0 unspecified atom stereocenters. The molecular formula is C40H43NO9. The van der Waals surface area contributed by atoms with E-state index in [1.807, 2.05) is 62.4 Å². The summed E-state index contributed by atoms with van der Waals surface area (Å²) in [5, 5.41) is 2.87. The molecule has 0 spiro atoms. The number of benzene rings is 3. The second-order valence-electron chi connectivity index (χ2n) is 10.9. The Kier molecular flexibility index (Phi) is 16.3. The van der Waals surface area contributed by atoms with Crippen LogP contribution in [0.1, 0.15) is 47.9 Å². The topological polar surface area (TPSA) is 126 Å². The van der Waals surface area contributed by atoms with Crippen LogP contribution in [0, 0.1) is 13.8 Å². The van der Waals surface area contributed by atoms with Gasteiger partial charge in [0.15, 0.2) is 0 Å². The minimum absolute atomic E-state index is 0.305. The summed E-state index contributed by atoms with van der Waals surface area (Å²) in [5.41, 5.74) is 3.73. The van der Waals surface area contributed by atoms with E-state index in [4.69, 9.17) is 23.7 Å². The first-order valence-electron chi connectivity index (χ1n) is 16.2. The maximum absolute atomic E-state index is 12.6. The molecule has 0 fully saturated rings. The van der Waals surface area contributed by atoms with E-state index in [-0.39, 0.29) is 5.91 Å². The van der Waals surface area contributed by atoms with Gasteiger partial charge in [-0.15, -0.1) is 0 Å². The van der Waals surface area contributed by atoms with Crippen molar-refractivity contribution in [3.8, 4) is 17.2 Å². The van der Waals surface area contributed by atoms with Crippen LogP contribution in [-0.2, 0) is 28.7 Å². The molecule has 0 aliphatic heterocycles. The van der Waals surface area contributed by atoms with E-state index in [0.29, 0.717) is 62.2 Å². The van der Waals surface area contributed by atoms with Gasteiger partial charge >= 0.3 is 17.9 Å². The zero-order valence-electron chi connectivity index (χ0n) is 28.5. The number of hydrogen-bond acceptors (Lipinski definition) is 9. The van der Waals surface area contributed by atoms with Gasteiger partial charge in [-0.05, 0) is 110 Å². The molecule has 0 aliphatic rings. The van der Waals surface area contributed by atoms with E-state index in [9.17, 15) is 19.2 Å². The summed E-state index contributed by atoms with van der Waals surface area (Å²) in [5.74, 6) is 0.0823. The van der Waals surface area contributed by atoms with Crippen molar-refractivity contribution >= 4 is 41.7 Å². The molecule has 0 saturated carbocycles. The molecule has 3 rings (SSSR count). The lowest BCUT2D eigenvalue weighted by Gasteiger charge is -2.13. The lowest BCUT2D eigenvalue weighted by atomic mass is 10.1. The van der Waals surface area contributed by atoms with Gasteiger partial charge < -0.3 is 29.0 Å². The van der Waals surface area contributed by atoms with E-state index in [0.717, 1.165) is 47.2 Å². The molecule has 10 heteroatoms. The fourth-order valence-corrected chi connectivity index (χ4v) is 4.30. The average Bonchev–Trinajstić information content (AvgIpc) is 3.13. The van der Waals surface area contributed by atoms with Crippen LogP contribution in [0.2, 0.25) is 0 Å².